The number of imidazole rings is 1. The molecule has 1 saturated heterocycles. The highest BCUT2D eigenvalue weighted by atomic mass is 16.5. The number of nitrogens with zero attached hydrogens (tertiary/aromatic N) is 2. The van der Waals surface area contributed by atoms with Crippen LogP contribution in [-0.2, 0) is 11.8 Å². The summed E-state index contributed by atoms with van der Waals surface area (Å²) in [5.74, 6) is 0. The number of aryl methyl sites for hydroxylation is 1. The highest BCUT2D eigenvalue weighted by Crippen LogP contribution is 2.26. The van der Waals surface area contributed by atoms with Gasteiger partial charge in [-0.25, -0.2) is 4.98 Å². The molecule has 2 N–H and O–H groups in total. The standard InChI is InChI=1S/C8H13N3O/c1-11-5-10-4-7(11)8-6(9)2-3-12-8/h4-6,8H,2-3,9H2,1H3. The van der Waals surface area contributed by atoms with Gasteiger partial charge < -0.3 is 15.0 Å². The Morgan fingerprint density at radius 1 is 1.75 bits per heavy atom. The monoisotopic (exact) mass is 167 g/mol. The van der Waals surface area contributed by atoms with Crippen LogP contribution in [0, 0.1) is 0 Å². The molecule has 4 nitrogen and oxygen atoms in total. The van der Waals surface area contributed by atoms with Crippen molar-refractivity contribution < 1.29 is 4.74 Å². The predicted molar refractivity (Wildman–Crippen MR) is 44.5 cm³/mol. The molecule has 12 heavy (non-hydrogen) atoms. The molecule has 0 radical (unpaired) electrons. The molecule has 1 aromatic rings. The zero-order valence-electron chi connectivity index (χ0n) is 7.10. The summed E-state index contributed by atoms with van der Waals surface area (Å²) in [5.41, 5.74) is 6.94. The topological polar surface area (TPSA) is 53.1 Å². The predicted octanol–water partition coefficient (Wildman–Crippen LogP) is 0.209. The van der Waals surface area contributed by atoms with Crippen LogP contribution < -0.4 is 5.73 Å². The molecule has 0 aliphatic carbocycles. The Morgan fingerprint density at radius 2 is 2.58 bits per heavy atom. The van der Waals surface area contributed by atoms with Gasteiger partial charge in [0.1, 0.15) is 6.10 Å². The second-order valence-corrected chi connectivity index (χ2v) is 3.17. The molecule has 0 amide bonds. The maximum absolute atomic E-state index is 5.87. The van der Waals surface area contributed by atoms with E-state index in [1.54, 1.807) is 6.33 Å². The van der Waals surface area contributed by atoms with Gasteiger partial charge in [0.25, 0.3) is 0 Å². The molecule has 0 bridgehead atoms. The Bertz CT molecular complexity index is 271. The Kier molecular flexibility index (Phi) is 1.86. The molecular formula is C8H13N3O. The van der Waals surface area contributed by atoms with Crippen molar-refractivity contribution in [2.75, 3.05) is 6.61 Å². The largest absolute Gasteiger partial charge is 0.370 e. The van der Waals surface area contributed by atoms with E-state index in [2.05, 4.69) is 4.98 Å². The second kappa shape index (κ2) is 2.88. The lowest BCUT2D eigenvalue weighted by atomic mass is 10.1. The first-order valence-electron chi connectivity index (χ1n) is 4.12. The fourth-order valence-corrected chi connectivity index (χ4v) is 1.55. The summed E-state index contributed by atoms with van der Waals surface area (Å²) in [7, 11) is 1.96. The minimum atomic E-state index is 0.0394. The number of rotatable bonds is 1. The highest BCUT2D eigenvalue weighted by Gasteiger charge is 2.28. The number of hydrogen-bond donors (Lipinski definition) is 1. The third-order valence-electron chi connectivity index (χ3n) is 2.28. The molecule has 1 aromatic heterocycles. The van der Waals surface area contributed by atoms with E-state index in [1.807, 2.05) is 17.8 Å². The van der Waals surface area contributed by atoms with Gasteiger partial charge in [-0.1, -0.05) is 0 Å². The lowest BCUT2D eigenvalue weighted by molar-refractivity contribution is 0.0992. The van der Waals surface area contributed by atoms with Crippen molar-refractivity contribution in [1.82, 2.24) is 9.55 Å². The van der Waals surface area contributed by atoms with Crippen molar-refractivity contribution in [2.45, 2.75) is 18.6 Å². The SMILES string of the molecule is Cn1cncc1C1OCCC1N. The van der Waals surface area contributed by atoms with Crippen LogP contribution in [0.2, 0.25) is 0 Å². The molecule has 1 aliphatic rings. The fourth-order valence-electron chi connectivity index (χ4n) is 1.55. The molecule has 2 unspecified atom stereocenters. The van der Waals surface area contributed by atoms with Gasteiger partial charge in [-0.15, -0.1) is 0 Å². The molecule has 0 aromatic carbocycles. The third-order valence-corrected chi connectivity index (χ3v) is 2.28. The van der Waals surface area contributed by atoms with E-state index in [1.165, 1.54) is 0 Å². The number of hydrogen-bond acceptors (Lipinski definition) is 3. The van der Waals surface area contributed by atoms with Gasteiger partial charge in [0, 0.05) is 19.7 Å². The van der Waals surface area contributed by atoms with E-state index in [9.17, 15) is 0 Å². The molecule has 2 atom stereocenters. The summed E-state index contributed by atoms with van der Waals surface area (Å²) in [5, 5.41) is 0. The van der Waals surface area contributed by atoms with Crippen LogP contribution in [0.3, 0.4) is 0 Å². The quantitative estimate of drug-likeness (QED) is 0.650. The lowest BCUT2D eigenvalue weighted by Crippen LogP contribution is -2.24. The van der Waals surface area contributed by atoms with Crippen molar-refractivity contribution >= 4 is 0 Å². The van der Waals surface area contributed by atoms with Crippen LogP contribution in [0.5, 0.6) is 0 Å². The molecule has 1 aliphatic heterocycles. The van der Waals surface area contributed by atoms with Gasteiger partial charge in [-0.3, -0.25) is 0 Å². The molecular weight excluding hydrogens is 154 g/mol. The first kappa shape index (κ1) is 7.76. The van der Waals surface area contributed by atoms with Gasteiger partial charge in [0.05, 0.1) is 18.2 Å². The first-order valence-corrected chi connectivity index (χ1v) is 4.12. The summed E-state index contributed by atoms with van der Waals surface area (Å²) >= 11 is 0. The van der Waals surface area contributed by atoms with Crippen LogP contribution in [0.25, 0.3) is 0 Å². The minimum Gasteiger partial charge on any atom is -0.370 e. The van der Waals surface area contributed by atoms with Crippen LogP contribution in [0.4, 0.5) is 0 Å². The molecule has 66 valence electrons. The van der Waals surface area contributed by atoms with Crippen LogP contribution in [-0.4, -0.2) is 22.2 Å². The Morgan fingerprint density at radius 3 is 3.08 bits per heavy atom. The molecule has 0 spiro atoms. The average Bonchev–Trinajstić information content (AvgIpc) is 2.59. The fraction of sp³-hybridized carbons (Fsp3) is 0.625. The van der Waals surface area contributed by atoms with Crippen LogP contribution >= 0.6 is 0 Å². The Labute approximate surface area is 71.3 Å². The summed E-state index contributed by atoms with van der Waals surface area (Å²) in [4.78, 5) is 4.03. The van der Waals surface area contributed by atoms with E-state index in [4.69, 9.17) is 10.5 Å². The minimum absolute atomic E-state index is 0.0394. The number of ether oxygens (including phenoxy) is 1. The van der Waals surface area contributed by atoms with Crippen LogP contribution in [0.15, 0.2) is 12.5 Å². The van der Waals surface area contributed by atoms with Gasteiger partial charge >= 0.3 is 0 Å². The molecule has 2 rings (SSSR count). The van der Waals surface area contributed by atoms with E-state index < -0.39 is 0 Å². The maximum Gasteiger partial charge on any atom is 0.114 e. The van der Waals surface area contributed by atoms with Crippen molar-refractivity contribution in [1.29, 1.82) is 0 Å². The van der Waals surface area contributed by atoms with Crippen LogP contribution in [0.1, 0.15) is 18.2 Å². The van der Waals surface area contributed by atoms with Crippen molar-refractivity contribution in [3.63, 3.8) is 0 Å². The summed E-state index contributed by atoms with van der Waals surface area (Å²) in [6.07, 6.45) is 4.56. The zero-order chi connectivity index (χ0) is 8.55. The van der Waals surface area contributed by atoms with E-state index >= 15 is 0 Å². The van der Waals surface area contributed by atoms with E-state index in [0.29, 0.717) is 0 Å². The van der Waals surface area contributed by atoms with Gasteiger partial charge in [0.15, 0.2) is 0 Å². The summed E-state index contributed by atoms with van der Waals surface area (Å²) in [6, 6.07) is 0.125. The average molecular weight is 167 g/mol. The smallest absolute Gasteiger partial charge is 0.114 e. The first-order chi connectivity index (χ1) is 5.79. The molecule has 4 heteroatoms. The Hall–Kier alpha value is -0.870. The van der Waals surface area contributed by atoms with Crippen molar-refractivity contribution in [2.24, 2.45) is 12.8 Å². The van der Waals surface area contributed by atoms with Crippen molar-refractivity contribution in [3.05, 3.63) is 18.2 Å². The van der Waals surface area contributed by atoms with E-state index in [0.717, 1.165) is 18.7 Å². The summed E-state index contributed by atoms with van der Waals surface area (Å²) in [6.45, 7) is 0.761. The number of aromatic nitrogens is 2. The summed E-state index contributed by atoms with van der Waals surface area (Å²) < 4.78 is 7.46. The Balaban J connectivity index is 2.24. The van der Waals surface area contributed by atoms with Crippen molar-refractivity contribution in [3.8, 4) is 0 Å². The van der Waals surface area contributed by atoms with Gasteiger partial charge in [0.2, 0.25) is 0 Å². The van der Waals surface area contributed by atoms with Gasteiger partial charge in [-0.05, 0) is 6.42 Å². The number of nitrogens with two attached hydrogens (primary N) is 1. The zero-order valence-corrected chi connectivity index (χ0v) is 7.10. The molecule has 1 fully saturated rings. The normalized spacial score (nSPS) is 29.5. The third kappa shape index (κ3) is 1.13. The second-order valence-electron chi connectivity index (χ2n) is 3.17. The molecule has 0 saturated carbocycles. The lowest BCUT2D eigenvalue weighted by Gasteiger charge is -2.14. The van der Waals surface area contributed by atoms with E-state index in [-0.39, 0.29) is 12.1 Å². The highest BCUT2D eigenvalue weighted by molar-refractivity contribution is 5.07. The maximum atomic E-state index is 5.87. The van der Waals surface area contributed by atoms with Gasteiger partial charge in [-0.2, -0.15) is 0 Å². The molecule has 2 heterocycles.